The van der Waals surface area contributed by atoms with Gasteiger partial charge in [-0.1, -0.05) is 36.4 Å². The number of rotatable bonds is 24. The number of hydrogen-bond acceptors (Lipinski definition) is 24. The average molecular weight is 1100 g/mol. The van der Waals surface area contributed by atoms with Crippen LogP contribution in [0.4, 0.5) is 58.4 Å². The molecule has 0 saturated carbocycles. The summed E-state index contributed by atoms with van der Waals surface area (Å²) in [5.41, 5.74) is -0.244. The molecule has 0 spiro atoms. The smallest absolute Gasteiger partial charge is 0.295 e. The fraction of sp³-hybridized carbons (Fsp3) is 0.200. The summed E-state index contributed by atoms with van der Waals surface area (Å²) in [7, 11) is -19.3. The molecule has 28 nitrogen and oxygen atoms in total. The van der Waals surface area contributed by atoms with Crippen molar-refractivity contribution in [1.82, 2.24) is 29.9 Å². The molecule has 6 aromatic rings. The number of aliphatic hydroxyl groups excluding tert-OH is 4. The number of hydrogen-bond donors (Lipinski definition) is 12. The van der Waals surface area contributed by atoms with Crippen molar-refractivity contribution in [3.05, 3.63) is 96.1 Å². The van der Waals surface area contributed by atoms with Crippen molar-refractivity contribution in [2.24, 2.45) is 0 Å². The van der Waals surface area contributed by atoms with Gasteiger partial charge < -0.3 is 51.5 Å². The van der Waals surface area contributed by atoms with Gasteiger partial charge in [-0.25, -0.2) is 0 Å². The molecule has 0 unspecified atom stereocenters. The Labute approximate surface area is 439 Å². The zero-order valence-corrected chi connectivity index (χ0v) is 43.2. The molecule has 0 aliphatic heterocycles. The Kier molecular flexibility index (Phi) is 19.6. The van der Waals surface area contributed by atoms with Crippen LogP contribution in [0, 0.1) is 0 Å². The fourth-order valence-corrected chi connectivity index (χ4v) is 8.93. The Hall–Kier alpha value is -6.08. The van der Waals surface area contributed by atoms with Crippen molar-refractivity contribution < 1.29 is 72.3 Å². The molecule has 0 aliphatic carbocycles. The van der Waals surface area contributed by atoms with Crippen LogP contribution in [0.3, 0.4) is 0 Å². The molecule has 0 fully saturated rings. The normalized spacial score (nSPS) is 12.0. The Morgan fingerprint density at radius 3 is 0.986 bits per heavy atom. The van der Waals surface area contributed by atoms with Crippen molar-refractivity contribution >= 4 is 141 Å². The van der Waals surface area contributed by atoms with Crippen molar-refractivity contribution in [1.29, 1.82) is 0 Å². The van der Waals surface area contributed by atoms with Crippen LogP contribution in [0.5, 0.6) is 0 Å². The van der Waals surface area contributed by atoms with Crippen molar-refractivity contribution in [2.45, 2.75) is 19.6 Å². The quantitative estimate of drug-likeness (QED) is 0.0231. The maximum absolute atomic E-state index is 12.8. The van der Waals surface area contributed by atoms with Crippen LogP contribution in [-0.4, -0.2) is 184 Å². The third kappa shape index (κ3) is 16.2. The van der Waals surface area contributed by atoms with Gasteiger partial charge in [0.2, 0.25) is 35.7 Å². The first kappa shape index (κ1) is 57.8. The predicted octanol–water partition coefficient (Wildman–Crippen LogP) is 1.39. The molecule has 0 aliphatic rings. The summed E-state index contributed by atoms with van der Waals surface area (Å²) in [6, 6.07) is 17.0. The monoisotopic (exact) mass is 1100 g/mol. The molecular weight excluding hydrogens is 1060 g/mol. The summed E-state index contributed by atoms with van der Waals surface area (Å²) in [6.07, 6.45) is 2.25. The Bertz CT molecular complexity index is 3200. The van der Waals surface area contributed by atoms with E-state index in [0.717, 1.165) is 48.6 Å². The summed E-state index contributed by atoms with van der Waals surface area (Å²) in [5.74, 6) is -1.18. The van der Waals surface area contributed by atoms with Gasteiger partial charge in [0.1, 0.15) is 9.79 Å². The number of aliphatic hydroxyl groups is 4. The van der Waals surface area contributed by atoms with Crippen LogP contribution >= 0.6 is 0 Å². The minimum absolute atomic E-state index is 0. The third-order valence-corrected chi connectivity index (χ3v) is 13.1. The summed E-state index contributed by atoms with van der Waals surface area (Å²) in [5, 5.41) is 49.7. The summed E-state index contributed by atoms with van der Waals surface area (Å²) < 4.78 is 138. The maximum atomic E-state index is 12.8. The van der Waals surface area contributed by atoms with Crippen LogP contribution in [0.15, 0.2) is 105 Å². The van der Waals surface area contributed by atoms with Gasteiger partial charge in [0, 0.05) is 78.5 Å². The van der Waals surface area contributed by atoms with Gasteiger partial charge in [-0.05, 0) is 71.8 Å². The minimum atomic E-state index is -5.04. The van der Waals surface area contributed by atoms with Crippen LogP contribution in [0.1, 0.15) is 11.1 Å². The van der Waals surface area contributed by atoms with Crippen molar-refractivity contribution in [2.75, 3.05) is 83.7 Å². The molecule has 33 heteroatoms. The standard InChI is InChI=1S/C40H44N12O16S4.Na/c53-17-13-51(14-18-54)39-47-35(41-27-3-1-5-31(21-27)69(57,58)59)45-37(49-39)43-29-11-9-25(33(23-29)71(63,64)65)7-8-26-10-12-30(24-34(26)72(66,67)68)44-38-46-36(48-40(50-38)52(15-19-55)16-20-56)42-28-4-2-6-32(22-28)70(60,61)62;/h1-12,21-24,53-56H,13-20H2,(H,57,58,59)(H,60,61,62)(H,63,64,65)(H,66,67,68)(H2,41,43,45,47,49)(H2,42,44,46,48,50);/b8-7+;. The van der Waals surface area contributed by atoms with E-state index in [4.69, 9.17) is 0 Å². The molecule has 4 aromatic carbocycles. The van der Waals surface area contributed by atoms with Gasteiger partial charge in [-0.2, -0.15) is 63.6 Å². The van der Waals surface area contributed by atoms with Crippen LogP contribution in [0.2, 0.25) is 0 Å². The van der Waals surface area contributed by atoms with E-state index in [1.807, 2.05) is 0 Å². The zero-order valence-electron chi connectivity index (χ0n) is 37.9. The third-order valence-electron chi connectivity index (χ3n) is 9.61. The van der Waals surface area contributed by atoms with Gasteiger partial charge in [0.15, 0.2) is 0 Å². The van der Waals surface area contributed by atoms with E-state index in [-0.39, 0.29) is 125 Å². The van der Waals surface area contributed by atoms with E-state index < -0.39 is 86.5 Å². The van der Waals surface area contributed by atoms with Crippen LogP contribution < -0.4 is 31.1 Å². The van der Waals surface area contributed by atoms with Crippen LogP contribution in [-0.2, 0) is 40.5 Å². The molecule has 0 atom stereocenters. The molecule has 0 bridgehead atoms. The molecule has 1 radical (unpaired) electrons. The first-order valence-corrected chi connectivity index (χ1v) is 26.3. The van der Waals surface area contributed by atoms with Gasteiger partial charge in [-0.15, -0.1) is 0 Å². The molecule has 6 rings (SSSR count). The number of nitrogens with one attached hydrogen (secondary N) is 4. The van der Waals surface area contributed by atoms with Gasteiger partial charge in [0.25, 0.3) is 40.5 Å². The predicted molar refractivity (Wildman–Crippen MR) is 265 cm³/mol. The maximum Gasteiger partial charge on any atom is 0.295 e. The number of aromatic nitrogens is 6. The average Bonchev–Trinajstić information content (AvgIpc) is 3.30. The van der Waals surface area contributed by atoms with Crippen molar-refractivity contribution in [3.63, 3.8) is 0 Å². The second-order valence-electron chi connectivity index (χ2n) is 14.7. The van der Waals surface area contributed by atoms with E-state index >= 15 is 0 Å². The van der Waals surface area contributed by atoms with Crippen LogP contribution in [0.25, 0.3) is 12.2 Å². The summed E-state index contributed by atoms with van der Waals surface area (Å²) in [4.78, 5) is 26.1. The number of nitrogens with zero attached hydrogens (tertiary/aromatic N) is 8. The Morgan fingerprint density at radius 1 is 0.411 bits per heavy atom. The molecule has 73 heavy (non-hydrogen) atoms. The van der Waals surface area contributed by atoms with E-state index in [0.29, 0.717) is 0 Å². The number of benzene rings is 4. The Balaban J connectivity index is 0.00000988. The molecule has 12 N–H and O–H groups in total. The van der Waals surface area contributed by atoms with Gasteiger partial charge in [-0.3, -0.25) is 18.2 Å². The molecule has 0 saturated heterocycles. The van der Waals surface area contributed by atoms with Crippen molar-refractivity contribution in [3.8, 4) is 0 Å². The summed E-state index contributed by atoms with van der Waals surface area (Å²) in [6.45, 7) is -1.83. The summed E-state index contributed by atoms with van der Waals surface area (Å²) >= 11 is 0. The fourth-order valence-electron chi connectivity index (χ4n) is 6.45. The molecule has 2 aromatic heterocycles. The van der Waals surface area contributed by atoms with E-state index in [9.17, 15) is 72.3 Å². The largest absolute Gasteiger partial charge is 0.395 e. The van der Waals surface area contributed by atoms with Gasteiger partial charge >= 0.3 is 0 Å². The van der Waals surface area contributed by atoms with E-state index in [1.165, 1.54) is 58.3 Å². The second kappa shape index (κ2) is 24.8. The molecule has 0 amide bonds. The first-order valence-electron chi connectivity index (χ1n) is 20.6. The molecular formula is C40H44N12NaO16S4. The number of anilines is 10. The molecule has 385 valence electrons. The minimum Gasteiger partial charge on any atom is -0.395 e. The second-order valence-corrected chi connectivity index (χ2v) is 20.4. The first-order chi connectivity index (χ1) is 34.0. The van der Waals surface area contributed by atoms with E-state index in [1.54, 1.807) is 0 Å². The SMILES string of the molecule is O=S(=O)(O)c1cccc(Nc2nc(Nc3ccc(/C=C/c4ccc(Nc5nc(Nc6cccc(S(=O)(=O)O)c6)nc(N(CCO)CCO)n5)cc4S(=O)(=O)O)c(S(=O)(=O)O)c3)nc(N(CCO)CCO)n2)c1.[Na]. The molecule has 2 heterocycles. The van der Waals surface area contributed by atoms with E-state index in [2.05, 4.69) is 51.2 Å². The zero-order chi connectivity index (χ0) is 52.4. The topological polar surface area (TPSA) is 430 Å². The Morgan fingerprint density at radius 2 is 0.712 bits per heavy atom. The van der Waals surface area contributed by atoms with Gasteiger partial charge in [0.05, 0.1) is 36.2 Å².